The van der Waals surface area contributed by atoms with Crippen molar-refractivity contribution in [2.75, 3.05) is 44.6 Å². The summed E-state index contributed by atoms with van der Waals surface area (Å²) < 4.78 is 0. The third-order valence-electron chi connectivity index (χ3n) is 5.75. The minimum atomic E-state index is -0.375. The van der Waals surface area contributed by atoms with Crippen molar-refractivity contribution < 1.29 is 9.90 Å². The zero-order valence-corrected chi connectivity index (χ0v) is 18.7. The summed E-state index contributed by atoms with van der Waals surface area (Å²) in [5.41, 5.74) is 4.17. The molecule has 2 aromatic rings. The van der Waals surface area contributed by atoms with E-state index < -0.39 is 0 Å². The number of amides is 1. The van der Waals surface area contributed by atoms with E-state index in [0.29, 0.717) is 19.5 Å². The van der Waals surface area contributed by atoms with Crippen LogP contribution in [0.2, 0.25) is 5.02 Å². The maximum atomic E-state index is 12.5. The first-order chi connectivity index (χ1) is 14.4. The normalized spacial score (nSPS) is 16.4. The quantitative estimate of drug-likeness (QED) is 0.674. The molecule has 2 N–H and O–H groups in total. The summed E-state index contributed by atoms with van der Waals surface area (Å²) in [7, 11) is 0. The standard InChI is InChI=1S/C24H32ClN3O2/c1-18-6-5-7-19(2)24(18)26-23(30)17-28-14-12-27(13-15-28)16-21(29)11-10-20-8-3-4-9-22(20)25/h3-9,21,29H,10-17H2,1-2H3,(H,26,30). The van der Waals surface area contributed by atoms with Crippen LogP contribution in [0.1, 0.15) is 23.1 Å². The van der Waals surface area contributed by atoms with E-state index in [1.165, 1.54) is 0 Å². The fraction of sp³-hybridized carbons (Fsp3) is 0.458. The second kappa shape index (κ2) is 10.9. The molecular formula is C24H32ClN3O2. The maximum absolute atomic E-state index is 12.5. The molecule has 0 aliphatic carbocycles. The topological polar surface area (TPSA) is 55.8 Å². The number of aryl methyl sites for hydroxylation is 3. The molecule has 1 heterocycles. The monoisotopic (exact) mass is 429 g/mol. The van der Waals surface area contributed by atoms with E-state index in [-0.39, 0.29) is 12.0 Å². The number of aliphatic hydroxyl groups is 1. The van der Waals surface area contributed by atoms with Gasteiger partial charge >= 0.3 is 0 Å². The van der Waals surface area contributed by atoms with Crippen molar-refractivity contribution in [2.24, 2.45) is 0 Å². The number of rotatable bonds is 8. The van der Waals surface area contributed by atoms with E-state index in [1.54, 1.807) is 0 Å². The van der Waals surface area contributed by atoms with Crippen LogP contribution in [0.5, 0.6) is 0 Å². The second-order valence-corrected chi connectivity index (χ2v) is 8.58. The van der Waals surface area contributed by atoms with Gasteiger partial charge in [-0.1, -0.05) is 48.0 Å². The highest BCUT2D eigenvalue weighted by Gasteiger charge is 2.21. The minimum Gasteiger partial charge on any atom is -0.392 e. The molecule has 0 spiro atoms. The molecule has 1 saturated heterocycles. The molecule has 5 nitrogen and oxygen atoms in total. The number of aliphatic hydroxyl groups excluding tert-OH is 1. The van der Waals surface area contributed by atoms with Crippen LogP contribution in [-0.2, 0) is 11.2 Å². The smallest absolute Gasteiger partial charge is 0.238 e. The summed E-state index contributed by atoms with van der Waals surface area (Å²) in [4.78, 5) is 16.9. The summed E-state index contributed by atoms with van der Waals surface area (Å²) in [6.45, 7) is 8.47. The molecule has 0 saturated carbocycles. The molecule has 0 radical (unpaired) electrons. The predicted molar refractivity (Wildman–Crippen MR) is 123 cm³/mol. The Morgan fingerprint density at radius 3 is 2.33 bits per heavy atom. The molecule has 1 amide bonds. The van der Waals surface area contributed by atoms with E-state index in [4.69, 9.17) is 11.6 Å². The third kappa shape index (κ3) is 6.54. The summed E-state index contributed by atoms with van der Waals surface area (Å²) in [5.74, 6) is 0.0284. The molecule has 1 unspecified atom stereocenters. The van der Waals surface area contributed by atoms with Crippen molar-refractivity contribution in [2.45, 2.75) is 32.8 Å². The van der Waals surface area contributed by atoms with Gasteiger partial charge in [-0.3, -0.25) is 14.6 Å². The molecule has 0 aromatic heterocycles. The number of nitrogens with zero attached hydrogens (tertiary/aromatic N) is 2. The van der Waals surface area contributed by atoms with Crippen LogP contribution in [0.25, 0.3) is 0 Å². The summed E-state index contributed by atoms with van der Waals surface area (Å²) in [6.07, 6.45) is 1.10. The molecule has 1 fully saturated rings. The fourth-order valence-electron chi connectivity index (χ4n) is 3.94. The minimum absolute atomic E-state index is 0.0284. The van der Waals surface area contributed by atoms with Gasteiger partial charge in [0.2, 0.25) is 5.91 Å². The van der Waals surface area contributed by atoms with Crippen molar-refractivity contribution >= 4 is 23.2 Å². The van der Waals surface area contributed by atoms with Gasteiger partial charge in [-0.05, 0) is 49.4 Å². The summed E-state index contributed by atoms with van der Waals surface area (Å²) in [6, 6.07) is 13.8. The molecule has 3 rings (SSSR count). The highest BCUT2D eigenvalue weighted by atomic mass is 35.5. The van der Waals surface area contributed by atoms with E-state index in [1.807, 2.05) is 56.3 Å². The van der Waals surface area contributed by atoms with Gasteiger partial charge in [-0.15, -0.1) is 0 Å². The molecule has 1 atom stereocenters. The average Bonchev–Trinajstić information content (AvgIpc) is 2.72. The number of hydrogen-bond acceptors (Lipinski definition) is 4. The molecule has 0 bridgehead atoms. The number of hydrogen-bond donors (Lipinski definition) is 2. The van der Waals surface area contributed by atoms with Crippen molar-refractivity contribution in [3.05, 3.63) is 64.2 Å². The van der Waals surface area contributed by atoms with Crippen LogP contribution in [0.15, 0.2) is 42.5 Å². The number of nitrogens with one attached hydrogen (secondary N) is 1. The van der Waals surface area contributed by atoms with Crippen molar-refractivity contribution in [3.63, 3.8) is 0 Å². The number of β-amino-alcohol motifs (C(OH)–C–C–N with tert-alkyl or cyclic N) is 1. The van der Waals surface area contributed by atoms with Crippen molar-refractivity contribution in [1.29, 1.82) is 0 Å². The summed E-state index contributed by atoms with van der Waals surface area (Å²) in [5, 5.41) is 14.2. The van der Waals surface area contributed by atoms with Crippen LogP contribution in [0.4, 0.5) is 5.69 Å². The first kappa shape index (κ1) is 22.8. The van der Waals surface area contributed by atoms with Gasteiger partial charge in [-0.25, -0.2) is 0 Å². The van der Waals surface area contributed by atoms with Gasteiger partial charge in [-0.2, -0.15) is 0 Å². The van der Waals surface area contributed by atoms with E-state index in [9.17, 15) is 9.90 Å². The van der Waals surface area contributed by atoms with Gasteiger partial charge in [0, 0.05) is 43.4 Å². The average molecular weight is 430 g/mol. The lowest BCUT2D eigenvalue weighted by atomic mass is 10.1. The van der Waals surface area contributed by atoms with Gasteiger partial charge in [0.25, 0.3) is 0 Å². The van der Waals surface area contributed by atoms with Crippen LogP contribution in [0, 0.1) is 13.8 Å². The Morgan fingerprint density at radius 1 is 1.03 bits per heavy atom. The van der Waals surface area contributed by atoms with Crippen LogP contribution < -0.4 is 5.32 Å². The lowest BCUT2D eigenvalue weighted by Crippen LogP contribution is -2.50. The van der Waals surface area contributed by atoms with Gasteiger partial charge in [0.1, 0.15) is 0 Å². The lowest BCUT2D eigenvalue weighted by Gasteiger charge is -2.35. The Kier molecular flexibility index (Phi) is 8.28. The highest BCUT2D eigenvalue weighted by Crippen LogP contribution is 2.20. The SMILES string of the molecule is Cc1cccc(C)c1NC(=O)CN1CCN(CC(O)CCc2ccccc2Cl)CC1. The second-order valence-electron chi connectivity index (χ2n) is 8.18. The molecule has 30 heavy (non-hydrogen) atoms. The van der Waals surface area contributed by atoms with E-state index in [0.717, 1.165) is 60.0 Å². The Balaban J connectivity index is 1.38. The van der Waals surface area contributed by atoms with Crippen LogP contribution in [0.3, 0.4) is 0 Å². The van der Waals surface area contributed by atoms with Crippen LogP contribution in [-0.4, -0.2) is 66.2 Å². The van der Waals surface area contributed by atoms with Gasteiger partial charge in [0.15, 0.2) is 0 Å². The molecular weight excluding hydrogens is 398 g/mol. The Labute approximate surface area is 184 Å². The predicted octanol–water partition coefficient (Wildman–Crippen LogP) is 3.51. The fourth-order valence-corrected chi connectivity index (χ4v) is 4.17. The number of halogens is 1. The third-order valence-corrected chi connectivity index (χ3v) is 6.12. The summed E-state index contributed by atoms with van der Waals surface area (Å²) >= 11 is 6.20. The molecule has 1 aliphatic heterocycles. The zero-order chi connectivity index (χ0) is 21.5. The molecule has 162 valence electrons. The number of carbonyl (C=O) groups is 1. The maximum Gasteiger partial charge on any atom is 0.238 e. The van der Waals surface area contributed by atoms with E-state index >= 15 is 0 Å². The first-order valence-corrected chi connectivity index (χ1v) is 11.0. The number of benzene rings is 2. The zero-order valence-electron chi connectivity index (χ0n) is 17.9. The number of carbonyl (C=O) groups excluding carboxylic acids is 1. The van der Waals surface area contributed by atoms with Crippen molar-refractivity contribution in [1.82, 2.24) is 9.80 Å². The highest BCUT2D eigenvalue weighted by molar-refractivity contribution is 6.31. The van der Waals surface area contributed by atoms with Crippen LogP contribution >= 0.6 is 11.6 Å². The Hall–Kier alpha value is -1.92. The Bertz CT molecular complexity index is 830. The molecule has 1 aliphatic rings. The lowest BCUT2D eigenvalue weighted by molar-refractivity contribution is -0.117. The van der Waals surface area contributed by atoms with Crippen molar-refractivity contribution in [3.8, 4) is 0 Å². The largest absolute Gasteiger partial charge is 0.392 e. The first-order valence-electron chi connectivity index (χ1n) is 10.6. The number of para-hydroxylation sites is 1. The van der Waals surface area contributed by atoms with Gasteiger partial charge < -0.3 is 10.4 Å². The van der Waals surface area contributed by atoms with E-state index in [2.05, 4.69) is 15.1 Å². The molecule has 2 aromatic carbocycles. The number of anilines is 1. The molecule has 6 heteroatoms. The van der Waals surface area contributed by atoms with Gasteiger partial charge in [0.05, 0.1) is 12.6 Å². The number of piperazine rings is 1. The Morgan fingerprint density at radius 2 is 1.67 bits per heavy atom.